The second kappa shape index (κ2) is 6.73. The summed E-state index contributed by atoms with van der Waals surface area (Å²) in [6.45, 7) is 1.39. The zero-order valence-electron chi connectivity index (χ0n) is 10.6. The average molecular weight is 251 g/mol. The Morgan fingerprint density at radius 3 is 3.00 bits per heavy atom. The fraction of sp³-hybridized carbons (Fsp3) is 0.571. The summed E-state index contributed by atoms with van der Waals surface area (Å²) in [6.07, 6.45) is 3.34. The van der Waals surface area contributed by atoms with Crippen molar-refractivity contribution < 1.29 is 14.6 Å². The molecular formula is C14H21NO3. The molecule has 0 saturated heterocycles. The number of hydrogen-bond acceptors (Lipinski definition) is 4. The summed E-state index contributed by atoms with van der Waals surface area (Å²) in [5, 5.41) is 8.56. The summed E-state index contributed by atoms with van der Waals surface area (Å²) in [7, 11) is 0. The van der Waals surface area contributed by atoms with Crippen LogP contribution in [0.2, 0.25) is 0 Å². The number of aryl methyl sites for hydroxylation is 1. The number of aliphatic hydroxyl groups excluding tert-OH is 1. The minimum absolute atomic E-state index is 0.0493. The smallest absolute Gasteiger partial charge is 0.119 e. The zero-order chi connectivity index (χ0) is 12.8. The van der Waals surface area contributed by atoms with E-state index >= 15 is 0 Å². The van der Waals surface area contributed by atoms with Gasteiger partial charge in [0, 0.05) is 6.04 Å². The van der Waals surface area contributed by atoms with E-state index < -0.39 is 0 Å². The molecule has 0 unspecified atom stereocenters. The first-order chi connectivity index (χ1) is 8.81. The highest BCUT2D eigenvalue weighted by atomic mass is 16.5. The number of aliphatic hydroxyl groups is 1. The van der Waals surface area contributed by atoms with Gasteiger partial charge in [0.15, 0.2) is 0 Å². The molecule has 4 nitrogen and oxygen atoms in total. The lowest BCUT2D eigenvalue weighted by atomic mass is 9.88. The van der Waals surface area contributed by atoms with Crippen molar-refractivity contribution in [1.82, 2.24) is 0 Å². The molecule has 2 rings (SSSR count). The lowest BCUT2D eigenvalue weighted by molar-refractivity contribution is 0.0705. The van der Waals surface area contributed by atoms with E-state index in [2.05, 4.69) is 6.07 Å². The number of nitrogens with two attached hydrogens (primary N) is 1. The van der Waals surface area contributed by atoms with Gasteiger partial charge in [-0.15, -0.1) is 0 Å². The predicted octanol–water partition coefficient (Wildman–Crippen LogP) is 1.41. The van der Waals surface area contributed by atoms with Gasteiger partial charge in [-0.3, -0.25) is 0 Å². The molecule has 0 fully saturated rings. The molecule has 1 aliphatic carbocycles. The van der Waals surface area contributed by atoms with Gasteiger partial charge in [0.05, 0.1) is 19.8 Å². The molecule has 4 heteroatoms. The highest BCUT2D eigenvalue weighted by Crippen LogP contribution is 2.30. The molecule has 0 radical (unpaired) electrons. The van der Waals surface area contributed by atoms with E-state index in [4.69, 9.17) is 20.3 Å². The minimum atomic E-state index is 0.0493. The van der Waals surface area contributed by atoms with Gasteiger partial charge in [-0.05, 0) is 42.5 Å². The molecule has 0 saturated carbocycles. The largest absolute Gasteiger partial charge is 0.491 e. The topological polar surface area (TPSA) is 64.7 Å². The van der Waals surface area contributed by atoms with Gasteiger partial charge in [0.25, 0.3) is 0 Å². The van der Waals surface area contributed by atoms with Crippen LogP contribution in [0.1, 0.15) is 30.0 Å². The van der Waals surface area contributed by atoms with Gasteiger partial charge >= 0.3 is 0 Å². The van der Waals surface area contributed by atoms with Crippen LogP contribution in [0.4, 0.5) is 0 Å². The Labute approximate surface area is 108 Å². The minimum Gasteiger partial charge on any atom is -0.491 e. The van der Waals surface area contributed by atoms with E-state index in [1.165, 1.54) is 17.5 Å². The van der Waals surface area contributed by atoms with E-state index in [9.17, 15) is 0 Å². The van der Waals surface area contributed by atoms with Gasteiger partial charge in [0.1, 0.15) is 12.4 Å². The molecule has 0 aromatic heterocycles. The third kappa shape index (κ3) is 3.45. The molecule has 3 N–H and O–H groups in total. The molecule has 0 bridgehead atoms. The number of benzene rings is 1. The molecule has 0 spiro atoms. The van der Waals surface area contributed by atoms with Crippen LogP contribution in [0.25, 0.3) is 0 Å². The molecule has 0 aliphatic heterocycles. The van der Waals surface area contributed by atoms with Crippen molar-refractivity contribution in [3.8, 4) is 5.75 Å². The Balaban J connectivity index is 1.88. The van der Waals surface area contributed by atoms with E-state index in [0.29, 0.717) is 19.8 Å². The maximum absolute atomic E-state index is 8.56. The third-order valence-electron chi connectivity index (χ3n) is 3.21. The lowest BCUT2D eigenvalue weighted by Gasteiger charge is -2.22. The van der Waals surface area contributed by atoms with Gasteiger partial charge in [-0.1, -0.05) is 6.07 Å². The van der Waals surface area contributed by atoms with Crippen LogP contribution < -0.4 is 10.5 Å². The third-order valence-corrected chi connectivity index (χ3v) is 3.21. The number of rotatable bonds is 6. The number of hydrogen-bond donors (Lipinski definition) is 2. The summed E-state index contributed by atoms with van der Waals surface area (Å²) >= 11 is 0. The number of ether oxygens (including phenoxy) is 2. The fourth-order valence-electron chi connectivity index (χ4n) is 2.29. The molecule has 0 amide bonds. The van der Waals surface area contributed by atoms with Crippen molar-refractivity contribution in [3.05, 3.63) is 29.3 Å². The van der Waals surface area contributed by atoms with Crippen LogP contribution in [0.3, 0.4) is 0 Å². The Bertz CT molecular complexity index is 381. The van der Waals surface area contributed by atoms with Crippen LogP contribution >= 0.6 is 0 Å². The second-order valence-corrected chi connectivity index (χ2v) is 4.54. The summed E-state index contributed by atoms with van der Waals surface area (Å²) in [5.74, 6) is 0.846. The summed E-state index contributed by atoms with van der Waals surface area (Å²) < 4.78 is 10.7. The van der Waals surface area contributed by atoms with Crippen molar-refractivity contribution >= 4 is 0 Å². The maximum Gasteiger partial charge on any atom is 0.119 e. The van der Waals surface area contributed by atoms with Crippen molar-refractivity contribution in [1.29, 1.82) is 0 Å². The first-order valence-corrected chi connectivity index (χ1v) is 6.51. The van der Waals surface area contributed by atoms with E-state index in [1.807, 2.05) is 12.1 Å². The van der Waals surface area contributed by atoms with Crippen LogP contribution in [0.15, 0.2) is 18.2 Å². The Morgan fingerprint density at radius 1 is 1.28 bits per heavy atom. The normalized spacial score (nSPS) is 18.4. The van der Waals surface area contributed by atoms with Crippen molar-refractivity contribution in [2.24, 2.45) is 5.73 Å². The highest BCUT2D eigenvalue weighted by Gasteiger charge is 2.17. The Morgan fingerprint density at radius 2 is 2.17 bits per heavy atom. The van der Waals surface area contributed by atoms with Crippen LogP contribution in [0, 0.1) is 0 Å². The Hall–Kier alpha value is -1.10. The molecule has 18 heavy (non-hydrogen) atoms. The first-order valence-electron chi connectivity index (χ1n) is 6.51. The van der Waals surface area contributed by atoms with Gasteiger partial charge in [-0.2, -0.15) is 0 Å². The van der Waals surface area contributed by atoms with Gasteiger partial charge < -0.3 is 20.3 Å². The molecular weight excluding hydrogens is 230 g/mol. The first kappa shape index (κ1) is 13.3. The highest BCUT2D eigenvalue weighted by molar-refractivity contribution is 5.39. The lowest BCUT2D eigenvalue weighted by Crippen LogP contribution is -2.17. The van der Waals surface area contributed by atoms with Crippen LogP contribution in [-0.4, -0.2) is 31.5 Å². The second-order valence-electron chi connectivity index (χ2n) is 4.54. The fourth-order valence-corrected chi connectivity index (χ4v) is 2.29. The molecule has 1 atom stereocenters. The summed E-state index contributed by atoms with van der Waals surface area (Å²) in [4.78, 5) is 0. The predicted molar refractivity (Wildman–Crippen MR) is 69.7 cm³/mol. The standard InChI is InChI=1S/C14H21NO3/c15-14-3-1-2-11-4-5-12(10-13(11)14)18-9-8-17-7-6-16/h4-5,10,14,16H,1-3,6-9,15H2/t14-/m0/s1. The summed E-state index contributed by atoms with van der Waals surface area (Å²) in [5.41, 5.74) is 8.66. The van der Waals surface area contributed by atoms with Crippen molar-refractivity contribution in [2.45, 2.75) is 25.3 Å². The monoisotopic (exact) mass is 251 g/mol. The molecule has 100 valence electrons. The Kier molecular flexibility index (Phi) is 4.99. The van der Waals surface area contributed by atoms with Crippen LogP contribution in [0.5, 0.6) is 5.75 Å². The van der Waals surface area contributed by atoms with E-state index in [-0.39, 0.29) is 12.6 Å². The van der Waals surface area contributed by atoms with E-state index in [0.717, 1.165) is 18.6 Å². The van der Waals surface area contributed by atoms with Gasteiger partial charge in [0.2, 0.25) is 0 Å². The summed E-state index contributed by atoms with van der Waals surface area (Å²) in [6, 6.07) is 6.29. The average Bonchev–Trinajstić information content (AvgIpc) is 2.39. The SMILES string of the molecule is N[C@H]1CCCc2ccc(OCCOCCO)cc21. The van der Waals surface area contributed by atoms with E-state index in [1.54, 1.807) is 0 Å². The maximum atomic E-state index is 8.56. The molecule has 1 aliphatic rings. The van der Waals surface area contributed by atoms with Crippen molar-refractivity contribution in [3.63, 3.8) is 0 Å². The van der Waals surface area contributed by atoms with Crippen LogP contribution in [-0.2, 0) is 11.2 Å². The number of fused-ring (bicyclic) bond motifs is 1. The zero-order valence-corrected chi connectivity index (χ0v) is 10.6. The molecule has 1 aromatic rings. The molecule has 0 heterocycles. The quantitative estimate of drug-likeness (QED) is 0.750. The van der Waals surface area contributed by atoms with Gasteiger partial charge in [-0.25, -0.2) is 0 Å². The van der Waals surface area contributed by atoms with Crippen molar-refractivity contribution in [2.75, 3.05) is 26.4 Å². The molecule has 1 aromatic carbocycles.